The molecule has 0 aliphatic heterocycles. The minimum absolute atomic E-state index is 0.484. The van der Waals surface area contributed by atoms with Gasteiger partial charge in [-0.1, -0.05) is 47.6 Å². The molecule has 4 aromatic rings. The van der Waals surface area contributed by atoms with Crippen molar-refractivity contribution in [3.63, 3.8) is 0 Å². The minimum atomic E-state index is 0.484. The molecule has 4 rings (SSSR count). The topological polar surface area (TPSA) is 66.0 Å². The van der Waals surface area contributed by atoms with Crippen molar-refractivity contribution in [3.05, 3.63) is 84.8 Å². The largest absolute Gasteiger partial charge is 0.488 e. The van der Waals surface area contributed by atoms with Crippen molar-refractivity contribution < 1.29 is 9.26 Å². The van der Waals surface area contributed by atoms with Gasteiger partial charge < -0.3 is 13.8 Å². The first-order chi connectivity index (χ1) is 12.4. The Labute approximate surface area is 144 Å². The molecule has 0 atom stereocenters. The highest BCUT2D eigenvalue weighted by Crippen LogP contribution is 2.28. The summed E-state index contributed by atoms with van der Waals surface area (Å²) in [5, 5.41) is 4.08. The van der Waals surface area contributed by atoms with Crippen LogP contribution in [0, 0.1) is 0 Å². The van der Waals surface area contributed by atoms with Crippen LogP contribution in [0.1, 0.15) is 11.5 Å². The summed E-state index contributed by atoms with van der Waals surface area (Å²) in [6, 6.07) is 17.7. The molecular weight excluding hydrogens is 316 g/mol. The van der Waals surface area contributed by atoms with E-state index in [2.05, 4.69) is 15.1 Å². The highest BCUT2D eigenvalue weighted by Gasteiger charge is 2.13. The Morgan fingerprint density at radius 1 is 1.00 bits per heavy atom. The molecule has 0 saturated heterocycles. The van der Waals surface area contributed by atoms with Gasteiger partial charge in [0.1, 0.15) is 18.9 Å². The highest BCUT2D eigenvalue weighted by molar-refractivity contribution is 5.63. The van der Waals surface area contributed by atoms with Crippen LogP contribution in [0.3, 0.4) is 0 Å². The van der Waals surface area contributed by atoms with Crippen molar-refractivity contribution in [1.29, 1.82) is 0 Å². The number of rotatable bonds is 6. The van der Waals surface area contributed by atoms with Crippen LogP contribution in [0.25, 0.3) is 11.4 Å². The summed E-state index contributed by atoms with van der Waals surface area (Å²) in [6.07, 6.45) is 5.27. The molecule has 0 aliphatic carbocycles. The van der Waals surface area contributed by atoms with Crippen molar-refractivity contribution in [3.8, 4) is 17.1 Å². The SMILES string of the molecule is c1ccc(COc2ccccc2-c2noc(Cn3ccnc3)n2)cc1. The van der Waals surface area contributed by atoms with E-state index in [0.29, 0.717) is 24.9 Å². The average molecular weight is 332 g/mol. The lowest BCUT2D eigenvalue weighted by atomic mass is 10.2. The lowest BCUT2D eigenvalue weighted by Gasteiger charge is -2.09. The molecule has 2 aromatic heterocycles. The first-order valence-electron chi connectivity index (χ1n) is 7.93. The standard InChI is InChI=1S/C19H16N4O2/c1-2-6-15(7-3-1)13-24-17-9-5-4-8-16(17)19-21-18(25-22-19)12-23-11-10-20-14-23/h1-11,14H,12-13H2. The zero-order valence-electron chi connectivity index (χ0n) is 13.4. The quantitative estimate of drug-likeness (QED) is 0.540. The van der Waals surface area contributed by atoms with E-state index in [1.165, 1.54) is 0 Å². The van der Waals surface area contributed by atoms with Crippen molar-refractivity contribution in [2.75, 3.05) is 0 Å². The molecule has 124 valence electrons. The van der Waals surface area contributed by atoms with Gasteiger partial charge in [0, 0.05) is 12.4 Å². The van der Waals surface area contributed by atoms with Crippen LogP contribution < -0.4 is 4.74 Å². The zero-order valence-corrected chi connectivity index (χ0v) is 13.4. The number of hydrogen-bond donors (Lipinski definition) is 0. The van der Waals surface area contributed by atoms with E-state index in [1.807, 2.05) is 65.4 Å². The van der Waals surface area contributed by atoms with Gasteiger partial charge >= 0.3 is 0 Å². The maximum atomic E-state index is 5.96. The Hall–Kier alpha value is -3.41. The molecule has 6 nitrogen and oxygen atoms in total. The summed E-state index contributed by atoms with van der Waals surface area (Å²) < 4.78 is 13.2. The summed E-state index contributed by atoms with van der Waals surface area (Å²) in [5.41, 5.74) is 1.91. The van der Waals surface area contributed by atoms with Crippen molar-refractivity contribution in [1.82, 2.24) is 19.7 Å². The number of benzene rings is 2. The summed E-state index contributed by atoms with van der Waals surface area (Å²) in [7, 11) is 0. The van der Waals surface area contributed by atoms with E-state index in [-0.39, 0.29) is 0 Å². The van der Waals surface area contributed by atoms with Gasteiger partial charge in [0.25, 0.3) is 0 Å². The predicted molar refractivity (Wildman–Crippen MR) is 91.8 cm³/mol. The predicted octanol–water partition coefficient (Wildman–Crippen LogP) is 3.56. The molecule has 0 bridgehead atoms. The van der Waals surface area contributed by atoms with Crippen LogP contribution in [0.2, 0.25) is 0 Å². The Balaban J connectivity index is 1.53. The van der Waals surface area contributed by atoms with E-state index in [0.717, 1.165) is 16.9 Å². The Morgan fingerprint density at radius 3 is 2.68 bits per heavy atom. The fourth-order valence-corrected chi connectivity index (χ4v) is 2.48. The Kier molecular flexibility index (Phi) is 4.24. The van der Waals surface area contributed by atoms with Gasteiger partial charge in [-0.15, -0.1) is 0 Å². The van der Waals surface area contributed by atoms with Gasteiger partial charge in [0.05, 0.1) is 11.9 Å². The van der Waals surface area contributed by atoms with Gasteiger partial charge in [0.2, 0.25) is 11.7 Å². The number of imidazole rings is 1. The first kappa shape index (κ1) is 15.1. The second-order valence-electron chi connectivity index (χ2n) is 5.52. The molecule has 2 heterocycles. The summed E-state index contributed by atoms with van der Waals surface area (Å²) in [6.45, 7) is 0.970. The lowest BCUT2D eigenvalue weighted by molar-refractivity contribution is 0.307. The normalized spacial score (nSPS) is 10.7. The average Bonchev–Trinajstić information content (AvgIpc) is 3.34. The van der Waals surface area contributed by atoms with Crippen molar-refractivity contribution >= 4 is 0 Å². The number of ether oxygens (including phenoxy) is 1. The maximum absolute atomic E-state index is 5.96. The third-order valence-corrected chi connectivity index (χ3v) is 3.71. The summed E-state index contributed by atoms with van der Waals surface area (Å²) >= 11 is 0. The molecule has 0 spiro atoms. The smallest absolute Gasteiger partial charge is 0.246 e. The molecule has 6 heteroatoms. The van der Waals surface area contributed by atoms with Gasteiger partial charge in [-0.3, -0.25) is 0 Å². The van der Waals surface area contributed by atoms with E-state index < -0.39 is 0 Å². The molecule has 0 N–H and O–H groups in total. The second-order valence-corrected chi connectivity index (χ2v) is 5.52. The van der Waals surface area contributed by atoms with Crippen LogP contribution in [-0.2, 0) is 13.2 Å². The van der Waals surface area contributed by atoms with Gasteiger partial charge in [-0.05, 0) is 17.7 Å². The molecule has 0 amide bonds. The molecule has 0 radical (unpaired) electrons. The summed E-state index contributed by atoms with van der Waals surface area (Å²) in [5.74, 6) is 1.76. The molecule has 0 unspecified atom stereocenters. The van der Waals surface area contributed by atoms with Crippen LogP contribution in [0.4, 0.5) is 0 Å². The number of nitrogens with zero attached hydrogens (tertiary/aromatic N) is 4. The van der Waals surface area contributed by atoms with Gasteiger partial charge in [-0.2, -0.15) is 4.98 Å². The lowest BCUT2D eigenvalue weighted by Crippen LogP contribution is -1.98. The Morgan fingerprint density at radius 2 is 1.84 bits per heavy atom. The minimum Gasteiger partial charge on any atom is -0.488 e. The third kappa shape index (κ3) is 3.58. The molecular formula is C19H16N4O2. The van der Waals surface area contributed by atoms with Gasteiger partial charge in [-0.25, -0.2) is 4.98 Å². The zero-order chi connectivity index (χ0) is 16.9. The molecule has 0 saturated carbocycles. The van der Waals surface area contributed by atoms with Crippen molar-refractivity contribution in [2.45, 2.75) is 13.2 Å². The fraction of sp³-hybridized carbons (Fsp3) is 0.105. The fourth-order valence-electron chi connectivity index (χ4n) is 2.48. The number of hydrogen-bond acceptors (Lipinski definition) is 5. The van der Waals surface area contributed by atoms with E-state index >= 15 is 0 Å². The van der Waals surface area contributed by atoms with E-state index in [1.54, 1.807) is 12.5 Å². The van der Waals surface area contributed by atoms with Crippen LogP contribution >= 0.6 is 0 Å². The van der Waals surface area contributed by atoms with Crippen molar-refractivity contribution in [2.24, 2.45) is 0 Å². The molecule has 25 heavy (non-hydrogen) atoms. The maximum Gasteiger partial charge on any atom is 0.246 e. The number of para-hydroxylation sites is 1. The second kappa shape index (κ2) is 7.00. The van der Waals surface area contributed by atoms with E-state index in [4.69, 9.17) is 9.26 Å². The molecule has 2 aromatic carbocycles. The number of aromatic nitrogens is 4. The van der Waals surface area contributed by atoms with Crippen LogP contribution in [0.15, 0.2) is 77.8 Å². The monoisotopic (exact) mass is 332 g/mol. The van der Waals surface area contributed by atoms with Crippen LogP contribution in [0.5, 0.6) is 5.75 Å². The van der Waals surface area contributed by atoms with Crippen LogP contribution in [-0.4, -0.2) is 19.7 Å². The van der Waals surface area contributed by atoms with E-state index in [9.17, 15) is 0 Å². The first-order valence-corrected chi connectivity index (χ1v) is 7.93. The Bertz CT molecular complexity index is 933. The molecule has 0 aliphatic rings. The highest BCUT2D eigenvalue weighted by atomic mass is 16.5. The molecule has 0 fully saturated rings. The van der Waals surface area contributed by atoms with Gasteiger partial charge in [0.15, 0.2) is 0 Å². The third-order valence-electron chi connectivity index (χ3n) is 3.71. The summed E-state index contributed by atoms with van der Waals surface area (Å²) in [4.78, 5) is 8.47.